The molecule has 1 aromatic heterocycles. The first-order chi connectivity index (χ1) is 9.09. The summed E-state index contributed by atoms with van der Waals surface area (Å²) in [7, 11) is 2.11. The Morgan fingerprint density at radius 2 is 1.89 bits per heavy atom. The van der Waals surface area contributed by atoms with Gasteiger partial charge in [-0.1, -0.05) is 0 Å². The van der Waals surface area contributed by atoms with E-state index in [1.165, 1.54) is 0 Å². The van der Waals surface area contributed by atoms with Crippen LogP contribution < -0.4 is 4.90 Å². The van der Waals surface area contributed by atoms with Gasteiger partial charge in [0.1, 0.15) is 0 Å². The highest BCUT2D eigenvalue weighted by Crippen LogP contribution is 2.29. The SMILES string of the molecule is Cc1ccnc(N2CCCN(C)CCC2)c1[N+](=O)[O-]. The van der Waals surface area contributed by atoms with Gasteiger partial charge in [-0.25, -0.2) is 4.98 Å². The molecule has 1 aliphatic rings. The van der Waals surface area contributed by atoms with E-state index in [1.54, 1.807) is 19.2 Å². The maximum Gasteiger partial charge on any atom is 0.314 e. The molecule has 1 saturated heterocycles. The molecular weight excluding hydrogens is 244 g/mol. The van der Waals surface area contributed by atoms with E-state index >= 15 is 0 Å². The molecule has 0 spiro atoms. The summed E-state index contributed by atoms with van der Waals surface area (Å²) in [5.41, 5.74) is 0.825. The largest absolute Gasteiger partial charge is 0.351 e. The van der Waals surface area contributed by atoms with Crippen molar-refractivity contribution in [2.75, 3.05) is 38.1 Å². The summed E-state index contributed by atoms with van der Waals surface area (Å²) in [5.74, 6) is 0.523. The fourth-order valence-corrected chi connectivity index (χ4v) is 2.49. The van der Waals surface area contributed by atoms with Crippen LogP contribution in [0.2, 0.25) is 0 Å². The zero-order chi connectivity index (χ0) is 13.8. The topological polar surface area (TPSA) is 62.5 Å². The Balaban J connectivity index is 2.25. The second-order valence-electron chi connectivity index (χ2n) is 5.05. The quantitative estimate of drug-likeness (QED) is 0.602. The van der Waals surface area contributed by atoms with Gasteiger partial charge >= 0.3 is 5.69 Å². The first-order valence-electron chi connectivity index (χ1n) is 6.63. The number of rotatable bonds is 2. The number of anilines is 1. The summed E-state index contributed by atoms with van der Waals surface area (Å²) < 4.78 is 0. The number of nitro groups is 1. The maximum atomic E-state index is 11.2. The fourth-order valence-electron chi connectivity index (χ4n) is 2.49. The first-order valence-corrected chi connectivity index (χ1v) is 6.63. The molecule has 0 bridgehead atoms. The molecule has 0 atom stereocenters. The Hall–Kier alpha value is -1.69. The molecule has 0 amide bonds. The van der Waals surface area contributed by atoms with Gasteiger partial charge in [-0.05, 0) is 46.0 Å². The number of hydrogen-bond acceptors (Lipinski definition) is 5. The van der Waals surface area contributed by atoms with Crippen molar-refractivity contribution in [3.05, 3.63) is 27.9 Å². The minimum absolute atomic E-state index is 0.149. The maximum absolute atomic E-state index is 11.2. The van der Waals surface area contributed by atoms with Crippen LogP contribution in [0.1, 0.15) is 18.4 Å². The van der Waals surface area contributed by atoms with Crippen LogP contribution in [-0.2, 0) is 0 Å². The number of hydrogen-bond donors (Lipinski definition) is 0. The zero-order valence-electron chi connectivity index (χ0n) is 11.5. The van der Waals surface area contributed by atoms with E-state index in [0.29, 0.717) is 11.4 Å². The van der Waals surface area contributed by atoms with Crippen LogP contribution in [0.15, 0.2) is 12.3 Å². The predicted molar refractivity (Wildman–Crippen MR) is 74.6 cm³/mol. The Kier molecular flexibility index (Phi) is 4.31. The van der Waals surface area contributed by atoms with E-state index in [9.17, 15) is 10.1 Å². The third-order valence-corrected chi connectivity index (χ3v) is 3.52. The summed E-state index contributed by atoms with van der Waals surface area (Å²) in [5, 5.41) is 11.2. The molecule has 2 heterocycles. The van der Waals surface area contributed by atoms with Crippen molar-refractivity contribution in [1.82, 2.24) is 9.88 Å². The molecular formula is C13H20N4O2. The first kappa shape index (κ1) is 13.7. The van der Waals surface area contributed by atoms with Gasteiger partial charge in [0.05, 0.1) is 4.92 Å². The Bertz CT molecular complexity index is 454. The molecule has 19 heavy (non-hydrogen) atoms. The molecule has 2 rings (SSSR count). The minimum Gasteiger partial charge on any atom is -0.351 e. The molecule has 0 saturated carbocycles. The highest BCUT2D eigenvalue weighted by Gasteiger charge is 2.24. The van der Waals surface area contributed by atoms with E-state index in [2.05, 4.69) is 21.8 Å². The van der Waals surface area contributed by atoms with Crippen molar-refractivity contribution in [2.24, 2.45) is 0 Å². The Labute approximate surface area is 113 Å². The van der Waals surface area contributed by atoms with E-state index < -0.39 is 0 Å². The van der Waals surface area contributed by atoms with Crippen molar-refractivity contribution in [1.29, 1.82) is 0 Å². The summed E-state index contributed by atoms with van der Waals surface area (Å²) >= 11 is 0. The van der Waals surface area contributed by atoms with Gasteiger partial charge in [-0.15, -0.1) is 0 Å². The second-order valence-corrected chi connectivity index (χ2v) is 5.05. The van der Waals surface area contributed by atoms with Crippen LogP contribution >= 0.6 is 0 Å². The highest BCUT2D eigenvalue weighted by atomic mass is 16.6. The van der Waals surface area contributed by atoms with Crippen LogP contribution in [0, 0.1) is 17.0 Å². The van der Waals surface area contributed by atoms with Crippen LogP contribution in [0.3, 0.4) is 0 Å². The van der Waals surface area contributed by atoms with Gasteiger partial charge in [0, 0.05) is 24.8 Å². The highest BCUT2D eigenvalue weighted by molar-refractivity contribution is 5.61. The smallest absolute Gasteiger partial charge is 0.314 e. The normalized spacial score (nSPS) is 17.9. The van der Waals surface area contributed by atoms with Gasteiger partial charge in [-0.3, -0.25) is 10.1 Å². The molecule has 0 radical (unpaired) electrons. The number of pyridine rings is 1. The molecule has 0 aliphatic carbocycles. The predicted octanol–water partition coefficient (Wildman–Crippen LogP) is 1.83. The molecule has 0 N–H and O–H groups in total. The standard InChI is InChI=1S/C13H20N4O2/c1-11-5-6-14-13(12(11)17(18)19)16-9-3-7-15(2)8-4-10-16/h5-6H,3-4,7-10H2,1-2H3. The van der Waals surface area contributed by atoms with Gasteiger partial charge in [0.2, 0.25) is 5.82 Å². The second kappa shape index (κ2) is 5.97. The molecule has 6 nitrogen and oxygen atoms in total. The lowest BCUT2D eigenvalue weighted by Crippen LogP contribution is -2.35. The number of nitrogens with zero attached hydrogens (tertiary/aromatic N) is 4. The minimum atomic E-state index is -0.317. The zero-order valence-corrected chi connectivity index (χ0v) is 11.5. The van der Waals surface area contributed by atoms with E-state index in [0.717, 1.165) is 39.0 Å². The third-order valence-electron chi connectivity index (χ3n) is 3.52. The molecule has 0 aromatic carbocycles. The van der Waals surface area contributed by atoms with Crippen molar-refractivity contribution >= 4 is 11.5 Å². The lowest BCUT2D eigenvalue weighted by Gasteiger charge is -2.29. The summed E-state index contributed by atoms with van der Waals surface area (Å²) in [6, 6.07) is 1.69. The van der Waals surface area contributed by atoms with Crippen molar-refractivity contribution in [2.45, 2.75) is 19.8 Å². The molecule has 1 aliphatic heterocycles. The summed E-state index contributed by atoms with van der Waals surface area (Å²) in [4.78, 5) is 19.5. The lowest BCUT2D eigenvalue weighted by molar-refractivity contribution is -0.384. The summed E-state index contributed by atoms with van der Waals surface area (Å²) in [6.07, 6.45) is 3.66. The van der Waals surface area contributed by atoms with E-state index in [-0.39, 0.29) is 10.6 Å². The number of aryl methyl sites for hydroxylation is 1. The Morgan fingerprint density at radius 3 is 2.47 bits per heavy atom. The van der Waals surface area contributed by atoms with Gasteiger partial charge in [-0.2, -0.15) is 0 Å². The van der Waals surface area contributed by atoms with Gasteiger partial charge < -0.3 is 9.80 Å². The molecule has 104 valence electrons. The van der Waals surface area contributed by atoms with Crippen molar-refractivity contribution in [3.63, 3.8) is 0 Å². The van der Waals surface area contributed by atoms with Crippen molar-refractivity contribution < 1.29 is 4.92 Å². The molecule has 1 aromatic rings. The fraction of sp³-hybridized carbons (Fsp3) is 0.615. The van der Waals surface area contributed by atoms with Gasteiger partial charge in [0.25, 0.3) is 0 Å². The summed E-state index contributed by atoms with van der Waals surface area (Å²) in [6.45, 7) is 5.45. The Morgan fingerprint density at radius 1 is 1.26 bits per heavy atom. The van der Waals surface area contributed by atoms with Crippen LogP contribution in [-0.4, -0.2) is 48.0 Å². The van der Waals surface area contributed by atoms with Crippen LogP contribution in [0.5, 0.6) is 0 Å². The van der Waals surface area contributed by atoms with Crippen LogP contribution in [0.25, 0.3) is 0 Å². The average Bonchev–Trinajstić information content (AvgIpc) is 2.33. The lowest BCUT2D eigenvalue weighted by atomic mass is 10.2. The van der Waals surface area contributed by atoms with Gasteiger partial charge in [0.15, 0.2) is 0 Å². The molecule has 6 heteroatoms. The average molecular weight is 264 g/mol. The van der Waals surface area contributed by atoms with E-state index in [1.807, 2.05) is 0 Å². The third kappa shape index (κ3) is 3.20. The number of aromatic nitrogens is 1. The van der Waals surface area contributed by atoms with E-state index in [4.69, 9.17) is 0 Å². The van der Waals surface area contributed by atoms with Crippen LogP contribution in [0.4, 0.5) is 11.5 Å². The molecule has 1 fully saturated rings. The molecule has 0 unspecified atom stereocenters. The van der Waals surface area contributed by atoms with Crippen molar-refractivity contribution in [3.8, 4) is 0 Å². The monoisotopic (exact) mass is 264 g/mol.